The van der Waals surface area contributed by atoms with Crippen molar-refractivity contribution in [2.75, 3.05) is 19.6 Å². The molecule has 1 aromatic rings. The van der Waals surface area contributed by atoms with Crippen LogP contribution in [0, 0.1) is 13.8 Å². The molecule has 9 heteroatoms. The third kappa shape index (κ3) is 8.39. The number of piperidine rings is 1. The monoisotopic (exact) mass is 521 g/mol. The molecule has 29 heavy (non-hydrogen) atoms. The number of aryl methyl sites for hydroxylation is 2. The van der Waals surface area contributed by atoms with E-state index >= 15 is 0 Å². The van der Waals surface area contributed by atoms with Crippen LogP contribution in [-0.2, 0) is 11.3 Å². The van der Waals surface area contributed by atoms with Crippen molar-refractivity contribution >= 4 is 36.0 Å². The lowest BCUT2D eigenvalue weighted by Crippen LogP contribution is -2.52. The summed E-state index contributed by atoms with van der Waals surface area (Å²) in [6.07, 6.45) is 2.82. The minimum Gasteiger partial charge on any atom is -0.444 e. The summed E-state index contributed by atoms with van der Waals surface area (Å²) in [5, 5.41) is 6.58. The van der Waals surface area contributed by atoms with Gasteiger partial charge in [0.25, 0.3) is 0 Å². The number of ether oxygens (including phenoxy) is 1. The second kappa shape index (κ2) is 11.6. The fourth-order valence-electron chi connectivity index (χ4n) is 3.08. The van der Waals surface area contributed by atoms with Gasteiger partial charge < -0.3 is 24.7 Å². The van der Waals surface area contributed by atoms with Crippen molar-refractivity contribution in [2.24, 2.45) is 4.99 Å². The number of hydrogen-bond acceptors (Lipinski definition) is 5. The number of carbonyl (C=O) groups is 1. The van der Waals surface area contributed by atoms with Crippen molar-refractivity contribution in [1.29, 1.82) is 0 Å². The van der Waals surface area contributed by atoms with Gasteiger partial charge in [-0.15, -0.1) is 24.0 Å². The van der Waals surface area contributed by atoms with E-state index in [9.17, 15) is 4.79 Å². The highest BCUT2D eigenvalue weighted by Crippen LogP contribution is 2.20. The minimum absolute atomic E-state index is 0. The smallest absolute Gasteiger partial charge is 0.410 e. The van der Waals surface area contributed by atoms with Crippen LogP contribution in [0.2, 0.25) is 0 Å². The number of rotatable bonds is 5. The molecule has 166 valence electrons. The zero-order valence-corrected chi connectivity index (χ0v) is 20.8. The van der Waals surface area contributed by atoms with Crippen LogP contribution in [0.15, 0.2) is 9.41 Å². The van der Waals surface area contributed by atoms with Gasteiger partial charge in [-0.2, -0.15) is 0 Å². The number of halogens is 1. The van der Waals surface area contributed by atoms with E-state index in [4.69, 9.17) is 9.15 Å². The molecule has 0 spiro atoms. The second-order valence-corrected chi connectivity index (χ2v) is 8.15. The maximum Gasteiger partial charge on any atom is 0.410 e. The van der Waals surface area contributed by atoms with Crippen molar-refractivity contribution in [3.63, 3.8) is 0 Å². The lowest BCUT2D eigenvalue weighted by molar-refractivity contribution is 0.0104. The van der Waals surface area contributed by atoms with Crippen molar-refractivity contribution in [2.45, 2.75) is 79.0 Å². The first-order valence-corrected chi connectivity index (χ1v) is 10.1. The molecule has 1 atom stereocenters. The molecule has 1 aliphatic heterocycles. The van der Waals surface area contributed by atoms with E-state index < -0.39 is 5.60 Å². The van der Waals surface area contributed by atoms with Gasteiger partial charge in [0.05, 0.1) is 11.7 Å². The van der Waals surface area contributed by atoms with E-state index in [2.05, 4.69) is 20.6 Å². The highest BCUT2D eigenvalue weighted by molar-refractivity contribution is 14.0. The predicted molar refractivity (Wildman–Crippen MR) is 125 cm³/mol. The first kappa shape index (κ1) is 25.5. The van der Waals surface area contributed by atoms with Gasteiger partial charge in [-0.1, -0.05) is 0 Å². The molecule has 0 aliphatic carbocycles. The largest absolute Gasteiger partial charge is 0.444 e. The van der Waals surface area contributed by atoms with E-state index in [1.165, 1.54) is 0 Å². The number of aromatic nitrogens is 1. The Kier molecular flexibility index (Phi) is 10.2. The minimum atomic E-state index is -0.491. The summed E-state index contributed by atoms with van der Waals surface area (Å²) in [5.41, 5.74) is 0.397. The van der Waals surface area contributed by atoms with Crippen LogP contribution in [0.25, 0.3) is 0 Å². The average Bonchev–Trinajstić information content (AvgIpc) is 2.94. The Bertz CT molecular complexity index is 665. The third-order valence-corrected chi connectivity index (χ3v) is 4.55. The fraction of sp³-hybridized carbons (Fsp3) is 0.750. The lowest BCUT2D eigenvalue weighted by atomic mass is 10.0. The van der Waals surface area contributed by atoms with Crippen molar-refractivity contribution < 1.29 is 13.9 Å². The highest BCUT2D eigenvalue weighted by atomic mass is 127. The van der Waals surface area contributed by atoms with Crippen LogP contribution >= 0.6 is 24.0 Å². The SMILES string of the molecule is CCNC(=NCc1nc(C)c(C)o1)NCC1CCCCN1C(=O)OC(C)(C)C.I. The molecule has 2 rings (SSSR count). The number of nitrogens with one attached hydrogen (secondary N) is 2. The summed E-state index contributed by atoms with van der Waals surface area (Å²) >= 11 is 0. The molecular formula is C20H36IN5O3. The van der Waals surface area contributed by atoms with Crippen LogP contribution in [-0.4, -0.2) is 53.2 Å². The van der Waals surface area contributed by atoms with Gasteiger partial charge in [0.1, 0.15) is 17.9 Å². The van der Waals surface area contributed by atoms with Crippen LogP contribution in [0.5, 0.6) is 0 Å². The topological polar surface area (TPSA) is 92.0 Å². The van der Waals surface area contributed by atoms with Gasteiger partial charge in [-0.05, 0) is 60.8 Å². The van der Waals surface area contributed by atoms with E-state index in [1.807, 2.05) is 46.4 Å². The van der Waals surface area contributed by atoms with Crippen LogP contribution < -0.4 is 10.6 Å². The molecule has 1 fully saturated rings. The zero-order valence-electron chi connectivity index (χ0n) is 18.5. The Labute approximate surface area is 191 Å². The molecule has 8 nitrogen and oxygen atoms in total. The van der Waals surface area contributed by atoms with Crippen molar-refractivity contribution in [3.05, 3.63) is 17.3 Å². The Morgan fingerprint density at radius 2 is 2.03 bits per heavy atom. The molecule has 2 N–H and O–H groups in total. The standard InChI is InChI=1S/C20H35N5O3.HI/c1-7-21-18(23-13-17-24-14(2)15(3)27-17)22-12-16-10-8-9-11-25(16)19(26)28-20(4,5)6;/h16H,7-13H2,1-6H3,(H2,21,22,23);1H. The number of likely N-dealkylation sites (tertiary alicyclic amines) is 1. The van der Waals surface area contributed by atoms with Gasteiger partial charge in [-0.25, -0.2) is 14.8 Å². The van der Waals surface area contributed by atoms with Gasteiger partial charge in [0, 0.05) is 19.6 Å². The third-order valence-electron chi connectivity index (χ3n) is 4.55. The molecule has 0 bridgehead atoms. The quantitative estimate of drug-likeness (QED) is 0.349. The normalized spacial score (nSPS) is 17.5. The number of hydrogen-bond donors (Lipinski definition) is 2. The molecule has 1 aliphatic rings. The van der Waals surface area contributed by atoms with Gasteiger partial charge >= 0.3 is 6.09 Å². The molecule has 1 amide bonds. The summed E-state index contributed by atoms with van der Waals surface area (Å²) in [5.74, 6) is 2.10. The van der Waals surface area contributed by atoms with E-state index in [-0.39, 0.29) is 36.1 Å². The van der Waals surface area contributed by atoms with Crippen LogP contribution in [0.1, 0.15) is 64.3 Å². The summed E-state index contributed by atoms with van der Waals surface area (Å²) in [6.45, 7) is 14.0. The number of carbonyl (C=O) groups excluding carboxylic acids is 1. The molecule has 1 aromatic heterocycles. The molecule has 2 heterocycles. The van der Waals surface area contributed by atoms with Gasteiger partial charge in [0.15, 0.2) is 5.96 Å². The zero-order chi connectivity index (χ0) is 20.7. The number of amides is 1. The summed E-state index contributed by atoms with van der Waals surface area (Å²) in [4.78, 5) is 23.3. The Hall–Kier alpha value is -1.52. The Balaban J connectivity index is 0.00000420. The van der Waals surface area contributed by atoms with Crippen LogP contribution in [0.4, 0.5) is 4.79 Å². The average molecular weight is 521 g/mol. The van der Waals surface area contributed by atoms with Gasteiger partial charge in [0.2, 0.25) is 5.89 Å². The first-order valence-electron chi connectivity index (χ1n) is 10.1. The number of nitrogens with zero attached hydrogens (tertiary/aromatic N) is 3. The van der Waals surface area contributed by atoms with Crippen LogP contribution in [0.3, 0.4) is 0 Å². The Morgan fingerprint density at radius 1 is 1.31 bits per heavy atom. The second-order valence-electron chi connectivity index (χ2n) is 8.15. The van der Waals surface area contributed by atoms with Crippen molar-refractivity contribution in [1.82, 2.24) is 20.5 Å². The summed E-state index contributed by atoms with van der Waals surface area (Å²) in [6, 6.07) is 0.0821. The molecular weight excluding hydrogens is 485 g/mol. The number of guanidine groups is 1. The molecule has 0 radical (unpaired) electrons. The summed E-state index contributed by atoms with van der Waals surface area (Å²) in [7, 11) is 0. The fourth-order valence-corrected chi connectivity index (χ4v) is 3.08. The molecule has 0 aromatic carbocycles. The maximum absolute atomic E-state index is 12.5. The number of oxazole rings is 1. The van der Waals surface area contributed by atoms with Crippen molar-refractivity contribution in [3.8, 4) is 0 Å². The van der Waals surface area contributed by atoms with E-state index in [1.54, 1.807) is 0 Å². The predicted octanol–water partition coefficient (Wildman–Crippen LogP) is 3.75. The van der Waals surface area contributed by atoms with E-state index in [0.29, 0.717) is 24.9 Å². The number of aliphatic imine (C=N–C) groups is 1. The Morgan fingerprint density at radius 3 is 2.62 bits per heavy atom. The van der Waals surface area contributed by atoms with E-state index in [0.717, 1.165) is 43.8 Å². The lowest BCUT2D eigenvalue weighted by Gasteiger charge is -2.37. The first-order chi connectivity index (χ1) is 13.2. The molecule has 0 saturated carbocycles. The molecule has 1 saturated heterocycles. The highest BCUT2D eigenvalue weighted by Gasteiger charge is 2.30. The summed E-state index contributed by atoms with van der Waals surface area (Å²) < 4.78 is 11.2. The molecule has 1 unspecified atom stereocenters. The van der Waals surface area contributed by atoms with Gasteiger partial charge in [-0.3, -0.25) is 0 Å². The maximum atomic E-state index is 12.5.